The van der Waals surface area contributed by atoms with Gasteiger partial charge in [0.25, 0.3) is 0 Å². The molecule has 0 aliphatic rings. The predicted molar refractivity (Wildman–Crippen MR) is 68.9 cm³/mol. The van der Waals surface area contributed by atoms with Gasteiger partial charge in [-0.3, -0.25) is 4.68 Å². The number of methoxy groups -OCH3 is 1. The highest BCUT2D eigenvalue weighted by Crippen LogP contribution is 2.11. The van der Waals surface area contributed by atoms with Crippen LogP contribution in [0.25, 0.3) is 0 Å². The minimum Gasteiger partial charge on any atom is -0.481 e. The third-order valence-electron chi connectivity index (χ3n) is 2.27. The van der Waals surface area contributed by atoms with E-state index in [4.69, 9.17) is 4.74 Å². The molecular weight excluding hydrogens is 240 g/mol. The van der Waals surface area contributed by atoms with Crippen molar-refractivity contribution in [3.8, 4) is 5.88 Å². The summed E-state index contributed by atoms with van der Waals surface area (Å²) in [7, 11) is 3.48. The maximum Gasteiger partial charge on any atom is 0.213 e. The summed E-state index contributed by atoms with van der Waals surface area (Å²) in [6.07, 6.45) is 5.47. The van der Waals surface area contributed by atoms with E-state index < -0.39 is 0 Å². The Hall–Kier alpha value is -1.75. The lowest BCUT2D eigenvalue weighted by atomic mass is 10.2. The van der Waals surface area contributed by atoms with E-state index in [2.05, 4.69) is 15.4 Å². The molecule has 2 rings (SSSR count). The zero-order valence-electron chi connectivity index (χ0n) is 9.75. The standard InChI is InChI=1S/C11H14N4O.ClH/c1-12-10-6-14-15(8-10)7-9-3-4-13-11(5-9)16-2;/h3-6,8,12H,7H2,1-2H3;1H. The van der Waals surface area contributed by atoms with Crippen LogP contribution in [0.3, 0.4) is 0 Å². The average Bonchev–Trinajstić information content (AvgIpc) is 2.77. The van der Waals surface area contributed by atoms with Crippen molar-refractivity contribution in [2.75, 3.05) is 19.5 Å². The predicted octanol–water partition coefficient (Wildman–Crippen LogP) is 1.80. The first-order valence-corrected chi connectivity index (χ1v) is 5.01. The van der Waals surface area contributed by atoms with Crippen LogP contribution in [-0.2, 0) is 6.54 Å². The molecule has 0 spiro atoms. The van der Waals surface area contributed by atoms with Crippen molar-refractivity contribution in [1.82, 2.24) is 14.8 Å². The van der Waals surface area contributed by atoms with Crippen LogP contribution < -0.4 is 10.1 Å². The van der Waals surface area contributed by atoms with Gasteiger partial charge in [0.1, 0.15) is 0 Å². The van der Waals surface area contributed by atoms with Gasteiger partial charge < -0.3 is 10.1 Å². The number of pyridine rings is 1. The molecule has 17 heavy (non-hydrogen) atoms. The van der Waals surface area contributed by atoms with Gasteiger partial charge in [-0.1, -0.05) is 0 Å². The molecule has 0 bridgehead atoms. The second-order valence-corrected chi connectivity index (χ2v) is 3.38. The normalized spacial score (nSPS) is 9.53. The second-order valence-electron chi connectivity index (χ2n) is 3.38. The quantitative estimate of drug-likeness (QED) is 0.904. The maximum atomic E-state index is 5.07. The molecule has 6 heteroatoms. The lowest BCUT2D eigenvalue weighted by molar-refractivity contribution is 0.397. The third kappa shape index (κ3) is 3.35. The van der Waals surface area contributed by atoms with Crippen molar-refractivity contribution in [3.05, 3.63) is 36.3 Å². The molecule has 2 heterocycles. The van der Waals surface area contributed by atoms with Gasteiger partial charge in [0.15, 0.2) is 0 Å². The fourth-order valence-corrected chi connectivity index (χ4v) is 1.43. The van der Waals surface area contributed by atoms with Gasteiger partial charge in [-0.15, -0.1) is 12.4 Å². The van der Waals surface area contributed by atoms with Gasteiger partial charge in [0, 0.05) is 25.5 Å². The van der Waals surface area contributed by atoms with E-state index in [-0.39, 0.29) is 12.4 Å². The SMILES string of the molecule is CNc1cnn(Cc2ccnc(OC)c2)c1.Cl. The van der Waals surface area contributed by atoms with Crippen molar-refractivity contribution >= 4 is 18.1 Å². The second kappa shape index (κ2) is 6.10. The lowest BCUT2D eigenvalue weighted by Crippen LogP contribution is -2.00. The minimum absolute atomic E-state index is 0. The largest absolute Gasteiger partial charge is 0.481 e. The summed E-state index contributed by atoms with van der Waals surface area (Å²) in [6, 6.07) is 3.85. The van der Waals surface area contributed by atoms with Crippen molar-refractivity contribution < 1.29 is 4.74 Å². The van der Waals surface area contributed by atoms with E-state index in [1.54, 1.807) is 19.5 Å². The molecule has 0 saturated heterocycles. The molecule has 0 atom stereocenters. The molecule has 0 aromatic carbocycles. The Bertz CT molecular complexity index is 472. The van der Waals surface area contributed by atoms with E-state index in [1.165, 1.54) is 0 Å². The van der Waals surface area contributed by atoms with Gasteiger partial charge in [-0.25, -0.2) is 4.98 Å². The zero-order chi connectivity index (χ0) is 11.4. The number of rotatable bonds is 4. The number of hydrogen-bond acceptors (Lipinski definition) is 4. The van der Waals surface area contributed by atoms with Gasteiger partial charge in [-0.05, 0) is 11.6 Å². The highest BCUT2D eigenvalue weighted by atomic mass is 35.5. The molecule has 5 nitrogen and oxygen atoms in total. The molecule has 0 radical (unpaired) electrons. The number of nitrogens with one attached hydrogen (secondary N) is 1. The molecule has 0 saturated carbocycles. The Morgan fingerprint density at radius 1 is 1.47 bits per heavy atom. The third-order valence-corrected chi connectivity index (χ3v) is 2.27. The number of halogens is 1. The zero-order valence-corrected chi connectivity index (χ0v) is 10.6. The molecule has 0 aliphatic heterocycles. The summed E-state index contributed by atoms with van der Waals surface area (Å²) in [4.78, 5) is 4.06. The van der Waals surface area contributed by atoms with Crippen LogP contribution in [0.4, 0.5) is 5.69 Å². The van der Waals surface area contributed by atoms with Crippen molar-refractivity contribution in [2.24, 2.45) is 0 Å². The Balaban J connectivity index is 0.00000144. The van der Waals surface area contributed by atoms with E-state index in [0.717, 1.165) is 11.3 Å². The lowest BCUT2D eigenvalue weighted by Gasteiger charge is -2.03. The Kier molecular flexibility index (Phi) is 4.78. The molecule has 0 aliphatic carbocycles. The summed E-state index contributed by atoms with van der Waals surface area (Å²) in [5, 5.41) is 7.27. The Morgan fingerprint density at radius 3 is 2.94 bits per heavy atom. The number of hydrogen-bond donors (Lipinski definition) is 1. The number of anilines is 1. The van der Waals surface area contributed by atoms with Crippen LogP contribution in [0.1, 0.15) is 5.56 Å². The minimum atomic E-state index is 0. The highest BCUT2D eigenvalue weighted by molar-refractivity contribution is 5.85. The smallest absolute Gasteiger partial charge is 0.213 e. The number of nitrogens with zero attached hydrogens (tertiary/aromatic N) is 3. The summed E-state index contributed by atoms with van der Waals surface area (Å²) in [6.45, 7) is 0.709. The van der Waals surface area contributed by atoms with Crippen LogP contribution >= 0.6 is 12.4 Å². The summed E-state index contributed by atoms with van der Waals surface area (Å²) < 4.78 is 6.93. The van der Waals surface area contributed by atoms with E-state index >= 15 is 0 Å². The molecule has 2 aromatic rings. The van der Waals surface area contributed by atoms with E-state index in [9.17, 15) is 0 Å². The molecule has 0 unspecified atom stereocenters. The van der Waals surface area contributed by atoms with Crippen LogP contribution in [0.5, 0.6) is 5.88 Å². The Morgan fingerprint density at radius 2 is 2.29 bits per heavy atom. The van der Waals surface area contributed by atoms with Crippen LogP contribution in [0, 0.1) is 0 Å². The van der Waals surface area contributed by atoms with Gasteiger partial charge in [0.05, 0.1) is 25.5 Å². The fraction of sp³-hybridized carbons (Fsp3) is 0.273. The number of ether oxygens (including phenoxy) is 1. The van der Waals surface area contributed by atoms with Crippen LogP contribution in [0.15, 0.2) is 30.7 Å². The summed E-state index contributed by atoms with van der Waals surface area (Å²) in [5.74, 6) is 0.624. The molecule has 0 amide bonds. The number of aromatic nitrogens is 3. The van der Waals surface area contributed by atoms with Crippen LogP contribution in [0.2, 0.25) is 0 Å². The highest BCUT2D eigenvalue weighted by Gasteiger charge is 2.00. The maximum absolute atomic E-state index is 5.07. The average molecular weight is 255 g/mol. The molecule has 0 fully saturated rings. The molecule has 2 aromatic heterocycles. The van der Waals surface area contributed by atoms with Crippen molar-refractivity contribution in [1.29, 1.82) is 0 Å². The fourth-order valence-electron chi connectivity index (χ4n) is 1.43. The Labute approximate surface area is 106 Å². The van der Waals surface area contributed by atoms with Gasteiger partial charge in [-0.2, -0.15) is 5.10 Å². The summed E-state index contributed by atoms with van der Waals surface area (Å²) >= 11 is 0. The van der Waals surface area contributed by atoms with Crippen molar-refractivity contribution in [3.63, 3.8) is 0 Å². The van der Waals surface area contributed by atoms with Gasteiger partial charge >= 0.3 is 0 Å². The monoisotopic (exact) mass is 254 g/mol. The first kappa shape index (κ1) is 13.3. The summed E-state index contributed by atoms with van der Waals surface area (Å²) in [5.41, 5.74) is 2.11. The van der Waals surface area contributed by atoms with Gasteiger partial charge in [0.2, 0.25) is 5.88 Å². The first-order valence-electron chi connectivity index (χ1n) is 5.01. The first-order chi connectivity index (χ1) is 7.81. The van der Waals surface area contributed by atoms with Crippen molar-refractivity contribution in [2.45, 2.75) is 6.54 Å². The molecule has 1 N–H and O–H groups in total. The topological polar surface area (TPSA) is 52.0 Å². The van der Waals surface area contributed by atoms with E-state index in [1.807, 2.05) is 30.1 Å². The molecular formula is C11H15ClN4O. The molecule has 92 valence electrons. The van der Waals surface area contributed by atoms with E-state index in [0.29, 0.717) is 12.4 Å². The van der Waals surface area contributed by atoms with Crippen LogP contribution in [-0.4, -0.2) is 28.9 Å².